The predicted molar refractivity (Wildman–Crippen MR) is 118 cm³/mol. The first-order valence-corrected chi connectivity index (χ1v) is 11.1. The molecule has 1 amide bonds. The average molecular weight is 439 g/mol. The van der Waals surface area contributed by atoms with Crippen LogP contribution >= 0.6 is 0 Å². The zero-order chi connectivity index (χ0) is 22.4. The summed E-state index contributed by atoms with van der Waals surface area (Å²) in [7, 11) is -3.92. The van der Waals surface area contributed by atoms with Crippen molar-refractivity contribution in [3.63, 3.8) is 0 Å². The Hall–Kier alpha value is -3.72. The van der Waals surface area contributed by atoms with Crippen LogP contribution in [-0.4, -0.2) is 19.2 Å². The van der Waals surface area contributed by atoms with Crippen LogP contribution in [0.15, 0.2) is 78.9 Å². The lowest BCUT2D eigenvalue weighted by Crippen LogP contribution is -2.28. The van der Waals surface area contributed by atoms with Crippen LogP contribution in [0, 0.1) is 10.1 Å². The Morgan fingerprint density at radius 2 is 1.68 bits per heavy atom. The number of nitrogens with one attached hydrogen (secondary N) is 2. The number of hydrogen-bond acceptors (Lipinski definition) is 5. The van der Waals surface area contributed by atoms with Gasteiger partial charge < -0.3 is 5.32 Å². The van der Waals surface area contributed by atoms with Crippen molar-refractivity contribution in [2.75, 3.05) is 4.72 Å². The summed E-state index contributed by atoms with van der Waals surface area (Å²) in [5.74, 6) is -0.893. The molecule has 0 heterocycles. The molecule has 0 aliphatic heterocycles. The molecule has 3 aromatic rings. The van der Waals surface area contributed by atoms with E-state index in [2.05, 4.69) is 10.0 Å². The molecular formula is C22H21N3O5S. The topological polar surface area (TPSA) is 118 Å². The van der Waals surface area contributed by atoms with Gasteiger partial charge in [-0.15, -0.1) is 0 Å². The third-order valence-electron chi connectivity index (χ3n) is 4.56. The highest BCUT2D eigenvalue weighted by atomic mass is 32.2. The number of anilines is 1. The Morgan fingerprint density at radius 1 is 1.00 bits per heavy atom. The van der Waals surface area contributed by atoms with Gasteiger partial charge in [-0.3, -0.25) is 19.6 Å². The van der Waals surface area contributed by atoms with Crippen LogP contribution in [-0.2, 0) is 15.8 Å². The second kappa shape index (κ2) is 9.40. The van der Waals surface area contributed by atoms with Crippen molar-refractivity contribution in [3.05, 3.63) is 106 Å². The number of sulfonamides is 1. The number of rotatable bonds is 8. The normalized spacial score (nSPS) is 12.0. The van der Waals surface area contributed by atoms with Crippen LogP contribution in [0.3, 0.4) is 0 Å². The van der Waals surface area contributed by atoms with Crippen molar-refractivity contribution >= 4 is 27.3 Å². The number of nitro benzene ring substituents is 1. The summed E-state index contributed by atoms with van der Waals surface area (Å²) in [6.07, 6.45) is 0. The fourth-order valence-corrected chi connectivity index (χ4v) is 4.26. The van der Waals surface area contributed by atoms with Gasteiger partial charge in [0.25, 0.3) is 11.6 Å². The summed E-state index contributed by atoms with van der Waals surface area (Å²) in [5.41, 5.74) is 1.29. The number of carbonyl (C=O) groups is 1. The largest absolute Gasteiger partial charge is 0.345 e. The minimum Gasteiger partial charge on any atom is -0.345 e. The maximum atomic E-state index is 12.8. The number of carbonyl (C=O) groups excluding carboxylic acids is 1. The molecule has 31 heavy (non-hydrogen) atoms. The van der Waals surface area contributed by atoms with Crippen molar-refractivity contribution < 1.29 is 18.1 Å². The highest BCUT2D eigenvalue weighted by Crippen LogP contribution is 2.21. The van der Waals surface area contributed by atoms with Gasteiger partial charge >= 0.3 is 0 Å². The molecule has 0 radical (unpaired) electrons. The zero-order valence-corrected chi connectivity index (χ0v) is 17.5. The van der Waals surface area contributed by atoms with Crippen molar-refractivity contribution in [1.29, 1.82) is 0 Å². The molecule has 0 bridgehead atoms. The van der Waals surface area contributed by atoms with E-state index >= 15 is 0 Å². The lowest BCUT2D eigenvalue weighted by molar-refractivity contribution is -0.384. The van der Waals surface area contributed by atoms with E-state index in [9.17, 15) is 23.3 Å². The van der Waals surface area contributed by atoms with Gasteiger partial charge in [0.05, 0.1) is 28.0 Å². The molecule has 0 fully saturated rings. The number of para-hydroxylation sites is 1. The maximum Gasteiger partial charge on any atom is 0.269 e. The molecule has 9 heteroatoms. The smallest absolute Gasteiger partial charge is 0.269 e. The molecule has 0 aliphatic rings. The van der Waals surface area contributed by atoms with Crippen LogP contribution in [0.1, 0.15) is 34.5 Å². The molecule has 0 saturated heterocycles. The second-order valence-electron chi connectivity index (χ2n) is 6.94. The van der Waals surface area contributed by atoms with Crippen molar-refractivity contribution in [2.45, 2.75) is 18.7 Å². The molecule has 1 atom stereocenters. The minimum atomic E-state index is -3.92. The van der Waals surface area contributed by atoms with Crippen LogP contribution in [0.4, 0.5) is 11.4 Å². The lowest BCUT2D eigenvalue weighted by Gasteiger charge is -2.17. The molecule has 3 rings (SSSR count). The number of nitrogens with zero attached hydrogens (tertiary/aromatic N) is 1. The molecule has 0 aliphatic carbocycles. The van der Waals surface area contributed by atoms with E-state index in [0.717, 1.165) is 5.56 Å². The number of nitro groups is 1. The average Bonchev–Trinajstić information content (AvgIpc) is 2.74. The lowest BCUT2D eigenvalue weighted by atomic mass is 10.1. The minimum absolute atomic E-state index is 0.130. The standard InChI is InChI=1S/C22H21N3O5S/c1-16(18-9-3-2-4-10-18)23-22(26)20-12-5-6-13-21(20)24-31(29,30)15-17-8-7-11-19(14-17)25(27)28/h2-14,16,24H,15H2,1H3,(H,23,26)/t16-/m0/s1. The predicted octanol–water partition coefficient (Wildman–Crippen LogP) is 4.03. The Bertz CT molecular complexity index is 1200. The van der Waals surface area contributed by atoms with Gasteiger partial charge in [-0.05, 0) is 30.2 Å². The van der Waals surface area contributed by atoms with Gasteiger partial charge in [0, 0.05) is 12.1 Å². The molecule has 0 saturated carbocycles. The number of hydrogen-bond donors (Lipinski definition) is 2. The first-order valence-electron chi connectivity index (χ1n) is 9.44. The van der Waals surface area contributed by atoms with Gasteiger partial charge in [0.1, 0.15) is 0 Å². The maximum absolute atomic E-state index is 12.8. The summed E-state index contributed by atoms with van der Waals surface area (Å²) >= 11 is 0. The van der Waals surface area contributed by atoms with Gasteiger partial charge in [-0.25, -0.2) is 8.42 Å². The Morgan fingerprint density at radius 3 is 2.39 bits per heavy atom. The van der Waals surface area contributed by atoms with E-state index in [1.807, 2.05) is 37.3 Å². The highest BCUT2D eigenvalue weighted by Gasteiger charge is 2.19. The summed E-state index contributed by atoms with van der Waals surface area (Å²) in [6.45, 7) is 1.84. The molecule has 3 aromatic carbocycles. The van der Waals surface area contributed by atoms with Crippen LogP contribution < -0.4 is 10.0 Å². The third-order valence-corrected chi connectivity index (χ3v) is 5.81. The van der Waals surface area contributed by atoms with E-state index < -0.39 is 26.6 Å². The zero-order valence-electron chi connectivity index (χ0n) is 16.7. The Kier molecular flexibility index (Phi) is 6.66. The van der Waals surface area contributed by atoms with E-state index in [1.165, 1.54) is 36.4 Å². The molecule has 0 aromatic heterocycles. The number of non-ortho nitro benzene ring substituents is 1. The first kappa shape index (κ1) is 22.0. The number of benzene rings is 3. The van der Waals surface area contributed by atoms with E-state index in [4.69, 9.17) is 0 Å². The van der Waals surface area contributed by atoms with E-state index in [-0.39, 0.29) is 28.5 Å². The molecular weight excluding hydrogens is 418 g/mol. The van der Waals surface area contributed by atoms with Crippen LogP contribution in [0.25, 0.3) is 0 Å². The molecule has 8 nitrogen and oxygen atoms in total. The summed E-state index contributed by atoms with van der Waals surface area (Å²) in [4.78, 5) is 23.1. The molecule has 0 unspecified atom stereocenters. The number of amides is 1. The van der Waals surface area contributed by atoms with Crippen molar-refractivity contribution in [1.82, 2.24) is 5.32 Å². The van der Waals surface area contributed by atoms with Crippen molar-refractivity contribution in [2.24, 2.45) is 0 Å². The van der Waals surface area contributed by atoms with Gasteiger partial charge in [0.15, 0.2) is 0 Å². The van der Waals surface area contributed by atoms with Gasteiger partial charge in [0.2, 0.25) is 10.0 Å². The fourth-order valence-electron chi connectivity index (χ4n) is 3.05. The third kappa shape index (κ3) is 5.89. The summed E-state index contributed by atoms with van der Waals surface area (Å²) < 4.78 is 27.7. The fraction of sp³-hybridized carbons (Fsp3) is 0.136. The molecule has 160 valence electrons. The van der Waals surface area contributed by atoms with Crippen LogP contribution in [0.2, 0.25) is 0 Å². The van der Waals surface area contributed by atoms with Gasteiger partial charge in [-0.1, -0.05) is 54.6 Å². The second-order valence-corrected chi connectivity index (χ2v) is 8.66. The highest BCUT2D eigenvalue weighted by molar-refractivity contribution is 7.91. The van der Waals surface area contributed by atoms with Crippen LogP contribution in [0.5, 0.6) is 0 Å². The molecule has 2 N–H and O–H groups in total. The first-order chi connectivity index (χ1) is 14.7. The van der Waals surface area contributed by atoms with E-state index in [1.54, 1.807) is 12.1 Å². The summed E-state index contributed by atoms with van der Waals surface area (Å²) in [5, 5.41) is 13.8. The quantitative estimate of drug-likeness (QED) is 0.406. The molecule has 0 spiro atoms. The monoisotopic (exact) mass is 439 g/mol. The Labute approximate surface area is 180 Å². The van der Waals surface area contributed by atoms with Crippen molar-refractivity contribution in [3.8, 4) is 0 Å². The summed E-state index contributed by atoms with van der Waals surface area (Å²) in [6, 6.07) is 20.8. The Balaban J connectivity index is 1.77. The van der Waals surface area contributed by atoms with E-state index in [0.29, 0.717) is 0 Å². The SMILES string of the molecule is C[C@H](NC(=O)c1ccccc1NS(=O)(=O)Cc1cccc([N+](=O)[O-])c1)c1ccccc1. The van der Waals surface area contributed by atoms with Gasteiger partial charge in [-0.2, -0.15) is 0 Å².